The second-order valence-electron chi connectivity index (χ2n) is 15.8. The van der Waals surface area contributed by atoms with E-state index in [1.807, 2.05) is 11.8 Å². The average molecular weight is 813 g/mol. The highest BCUT2D eigenvalue weighted by atomic mass is 32.2. The van der Waals surface area contributed by atoms with Crippen molar-refractivity contribution in [1.29, 1.82) is 0 Å². The van der Waals surface area contributed by atoms with Gasteiger partial charge in [0.2, 0.25) is 0 Å². The van der Waals surface area contributed by atoms with Crippen LogP contribution in [0.3, 0.4) is 0 Å². The lowest BCUT2D eigenvalue weighted by Crippen LogP contribution is -2.87. The summed E-state index contributed by atoms with van der Waals surface area (Å²) in [6, 6.07) is 86.9. The number of fused-ring (bicyclic) bond motifs is 11. The highest BCUT2D eigenvalue weighted by molar-refractivity contribution is 8.00. The Labute approximate surface area is 357 Å². The molecule has 0 saturated heterocycles. The number of hydrogen-bond acceptors (Lipinski definition) is 2. The molecule has 0 atom stereocenters. The molecule has 281 valence electrons. The van der Waals surface area contributed by atoms with E-state index in [0.717, 1.165) is 11.4 Å². The molecule has 2 heterocycles. The molecular formula is C56H38NSSi2. The van der Waals surface area contributed by atoms with Crippen LogP contribution in [0, 0.1) is 0 Å². The van der Waals surface area contributed by atoms with Gasteiger partial charge in [-0.15, -0.1) is 0 Å². The van der Waals surface area contributed by atoms with Gasteiger partial charge in [0.1, 0.15) is 0 Å². The van der Waals surface area contributed by atoms with Gasteiger partial charge in [0.05, 0.1) is 5.69 Å². The summed E-state index contributed by atoms with van der Waals surface area (Å²) in [5.41, 5.74) is 5.92. The van der Waals surface area contributed by atoms with Crippen molar-refractivity contribution in [3.8, 4) is 11.1 Å². The van der Waals surface area contributed by atoms with E-state index in [0.29, 0.717) is 0 Å². The van der Waals surface area contributed by atoms with Crippen molar-refractivity contribution in [2.75, 3.05) is 4.90 Å². The van der Waals surface area contributed by atoms with Gasteiger partial charge in [-0.25, -0.2) is 0 Å². The van der Waals surface area contributed by atoms with Crippen LogP contribution in [0.1, 0.15) is 0 Å². The minimum Gasteiger partial charge on any atom is -0.310 e. The van der Waals surface area contributed by atoms with E-state index >= 15 is 0 Å². The first-order valence-corrected chi connectivity index (χ1v) is 25.0. The number of anilines is 3. The fourth-order valence-corrected chi connectivity index (χ4v) is 21.8. The van der Waals surface area contributed by atoms with Crippen molar-refractivity contribution in [3.63, 3.8) is 0 Å². The molecule has 0 amide bonds. The maximum Gasteiger partial charge on any atom is 0.181 e. The van der Waals surface area contributed by atoms with Crippen molar-refractivity contribution in [2.24, 2.45) is 0 Å². The third-order valence-electron chi connectivity index (χ3n) is 12.6. The summed E-state index contributed by atoms with van der Waals surface area (Å²) >= 11 is 1.94. The number of rotatable bonds is 5. The van der Waals surface area contributed by atoms with Crippen LogP contribution in [0.25, 0.3) is 32.7 Å². The molecule has 2 aliphatic rings. The molecule has 0 bridgehead atoms. The molecule has 4 heteroatoms. The Bertz CT molecular complexity index is 3210. The van der Waals surface area contributed by atoms with Gasteiger partial charge in [0.15, 0.2) is 16.9 Å². The molecular weight excluding hydrogens is 775 g/mol. The summed E-state index contributed by atoms with van der Waals surface area (Å²) in [7, 11) is -4.05. The van der Waals surface area contributed by atoms with E-state index in [1.54, 1.807) is 5.19 Å². The van der Waals surface area contributed by atoms with Crippen molar-refractivity contribution in [1.82, 2.24) is 0 Å². The van der Waals surface area contributed by atoms with Crippen molar-refractivity contribution < 1.29 is 0 Å². The van der Waals surface area contributed by atoms with Crippen LogP contribution in [0.4, 0.5) is 17.1 Å². The Kier molecular flexibility index (Phi) is 8.37. The first-order chi connectivity index (χ1) is 29.8. The maximum absolute atomic E-state index is 2.69. The Morgan fingerprint density at radius 1 is 0.367 bits per heavy atom. The summed E-state index contributed by atoms with van der Waals surface area (Å²) in [4.78, 5) is 5.20. The second-order valence-corrected chi connectivity index (χ2v) is 22.9. The lowest BCUT2D eigenvalue weighted by atomic mass is 9.98. The number of hydrogen-bond donors (Lipinski definition) is 0. The fourth-order valence-electron chi connectivity index (χ4n) is 10.1. The van der Waals surface area contributed by atoms with Crippen molar-refractivity contribution in [2.45, 2.75) is 9.79 Å². The van der Waals surface area contributed by atoms with Gasteiger partial charge in [-0.2, -0.15) is 0 Å². The molecule has 10 aromatic rings. The predicted octanol–water partition coefficient (Wildman–Crippen LogP) is 9.80. The van der Waals surface area contributed by atoms with Crippen LogP contribution >= 0.6 is 11.8 Å². The molecule has 1 spiro atoms. The van der Waals surface area contributed by atoms with Crippen LogP contribution in [-0.4, -0.2) is 16.9 Å². The molecule has 1 nitrogen and oxygen atoms in total. The Hall–Kier alpha value is -6.70. The first-order valence-electron chi connectivity index (χ1n) is 20.7. The van der Waals surface area contributed by atoms with Gasteiger partial charge >= 0.3 is 0 Å². The van der Waals surface area contributed by atoms with E-state index in [2.05, 4.69) is 235 Å². The zero-order valence-corrected chi connectivity index (χ0v) is 35.6. The standard InChI is InChI=1S/C56H38NSSi2/c1-3-18-42(19-4-1)57(48-37-41-17-7-8-22-45(41)46-23-9-10-24-47(46)48)43-34-31-39(32-35-43)40-33-36-56-52(38-40)59(44-20-5-2-6-21-44)51-27-13-16-30-55(51)60(56)53-28-14-11-25-49(53)58-50-26-12-15-29-54(50)60/h1-38H. The summed E-state index contributed by atoms with van der Waals surface area (Å²) in [6.07, 6.45) is 0. The average Bonchev–Trinajstić information content (AvgIpc) is 3.32. The molecule has 1 radical (unpaired) electrons. The second kappa shape index (κ2) is 14.2. The molecule has 0 aliphatic carbocycles. The molecule has 0 unspecified atom stereocenters. The zero-order chi connectivity index (χ0) is 39.6. The van der Waals surface area contributed by atoms with Crippen LogP contribution in [-0.2, 0) is 0 Å². The van der Waals surface area contributed by atoms with E-state index in [9.17, 15) is 0 Å². The molecule has 0 fully saturated rings. The topological polar surface area (TPSA) is 3.24 Å². The largest absolute Gasteiger partial charge is 0.310 e. The summed E-state index contributed by atoms with van der Waals surface area (Å²) in [5, 5.41) is 15.6. The van der Waals surface area contributed by atoms with Gasteiger partial charge < -0.3 is 4.90 Å². The molecule has 0 saturated carbocycles. The molecule has 60 heavy (non-hydrogen) atoms. The minimum absolute atomic E-state index is 1.13. The Balaban J connectivity index is 1.05. The highest BCUT2D eigenvalue weighted by Gasteiger charge is 2.53. The van der Waals surface area contributed by atoms with Gasteiger partial charge in [-0.1, -0.05) is 210 Å². The zero-order valence-electron chi connectivity index (χ0n) is 32.8. The third-order valence-corrected chi connectivity index (χ3v) is 22.4. The van der Waals surface area contributed by atoms with Crippen molar-refractivity contribution >= 4 is 104 Å². The maximum atomic E-state index is 2.58. The fraction of sp³-hybridized carbons (Fsp3) is 0. The molecule has 0 aromatic heterocycles. The van der Waals surface area contributed by atoms with E-state index in [1.165, 1.54) is 79.3 Å². The quantitative estimate of drug-likeness (QED) is 0.126. The van der Waals surface area contributed by atoms with Gasteiger partial charge in [0, 0.05) is 26.6 Å². The number of para-hydroxylation sites is 1. The molecule has 12 rings (SSSR count). The highest BCUT2D eigenvalue weighted by Crippen LogP contribution is 2.42. The van der Waals surface area contributed by atoms with E-state index in [4.69, 9.17) is 0 Å². The SMILES string of the molecule is c1ccc(N(c2ccc(-c3ccc4c(c3)[Si](c3ccccc3)c3ccccc3[Si]43c4ccccc4Sc4ccccc43)cc2)c2cc3ccccc3c3ccccc23)cc1. The molecule has 0 N–H and O–H groups in total. The van der Waals surface area contributed by atoms with Gasteiger partial charge in [-0.3, -0.25) is 0 Å². The smallest absolute Gasteiger partial charge is 0.181 e. The first kappa shape index (κ1) is 35.3. The summed E-state index contributed by atoms with van der Waals surface area (Å²) < 4.78 is 0. The predicted molar refractivity (Wildman–Crippen MR) is 260 cm³/mol. The van der Waals surface area contributed by atoms with Crippen LogP contribution < -0.4 is 41.2 Å². The number of nitrogens with zero attached hydrogens (tertiary/aromatic N) is 1. The van der Waals surface area contributed by atoms with Crippen LogP contribution in [0.15, 0.2) is 240 Å². The molecule has 2 aliphatic heterocycles. The van der Waals surface area contributed by atoms with E-state index < -0.39 is 16.9 Å². The lowest BCUT2D eigenvalue weighted by Gasteiger charge is -2.46. The molecule has 10 aromatic carbocycles. The summed E-state index contributed by atoms with van der Waals surface area (Å²) in [6.45, 7) is 0. The van der Waals surface area contributed by atoms with Gasteiger partial charge in [0.25, 0.3) is 0 Å². The Morgan fingerprint density at radius 3 is 1.63 bits per heavy atom. The van der Waals surface area contributed by atoms with E-state index in [-0.39, 0.29) is 0 Å². The van der Waals surface area contributed by atoms with Crippen LogP contribution in [0.2, 0.25) is 0 Å². The van der Waals surface area contributed by atoms with Crippen molar-refractivity contribution in [3.05, 3.63) is 231 Å². The lowest BCUT2D eigenvalue weighted by molar-refractivity contribution is 1.30. The van der Waals surface area contributed by atoms with Crippen LogP contribution in [0.5, 0.6) is 0 Å². The minimum atomic E-state index is -2.69. The third kappa shape index (κ3) is 5.38. The summed E-state index contributed by atoms with van der Waals surface area (Å²) in [5.74, 6) is 0. The van der Waals surface area contributed by atoms with Gasteiger partial charge in [-0.05, 0) is 95.7 Å². The number of benzene rings is 10. The Morgan fingerprint density at radius 2 is 0.900 bits per heavy atom. The normalized spacial score (nSPS) is 13.7. The monoisotopic (exact) mass is 812 g/mol.